The predicted molar refractivity (Wildman–Crippen MR) is 88.7 cm³/mol. The molecule has 0 bridgehead atoms. The van der Waals surface area contributed by atoms with Gasteiger partial charge in [0.15, 0.2) is 0 Å². The van der Waals surface area contributed by atoms with Crippen LogP contribution in [0.2, 0.25) is 5.02 Å². The Bertz CT molecular complexity index is 614. The van der Waals surface area contributed by atoms with E-state index in [9.17, 15) is 8.42 Å². The van der Waals surface area contributed by atoms with Gasteiger partial charge in [-0.3, -0.25) is 0 Å². The number of nitrogens with one attached hydrogen (secondary N) is 1. The zero-order chi connectivity index (χ0) is 16.2. The molecule has 1 aromatic carbocycles. The zero-order valence-electron chi connectivity index (χ0n) is 12.9. The molecule has 0 aliphatic heterocycles. The summed E-state index contributed by atoms with van der Waals surface area (Å²) in [6, 6.07) is 5.36. The molecule has 1 aliphatic rings. The number of methoxy groups -OCH3 is 1. The maximum Gasteiger partial charge on any atom is 0.148 e. The number of anilines is 1. The Balaban J connectivity index is 2.01. The second-order valence-electron chi connectivity index (χ2n) is 5.91. The molecule has 1 saturated carbocycles. The van der Waals surface area contributed by atoms with Gasteiger partial charge in [0.1, 0.15) is 22.2 Å². The molecule has 1 aliphatic carbocycles. The van der Waals surface area contributed by atoms with Gasteiger partial charge in [-0.2, -0.15) is 0 Å². The number of hydrogen-bond acceptors (Lipinski definition) is 5. The van der Waals surface area contributed by atoms with Crippen molar-refractivity contribution in [2.75, 3.05) is 44.2 Å². The molecule has 0 radical (unpaired) electrons. The van der Waals surface area contributed by atoms with Gasteiger partial charge in [-0.25, -0.2) is 8.42 Å². The van der Waals surface area contributed by atoms with Crippen LogP contribution in [0.25, 0.3) is 0 Å². The molecule has 1 N–H and O–H groups in total. The van der Waals surface area contributed by atoms with Crippen LogP contribution < -0.4 is 10.1 Å². The lowest BCUT2D eigenvalue weighted by molar-refractivity contribution is 0.146. The largest absolute Gasteiger partial charge is 0.489 e. The lowest BCUT2D eigenvalue weighted by Crippen LogP contribution is -2.24. The van der Waals surface area contributed by atoms with E-state index >= 15 is 0 Å². The molecule has 0 aromatic heterocycles. The Labute approximate surface area is 136 Å². The molecule has 0 saturated heterocycles. The summed E-state index contributed by atoms with van der Waals surface area (Å²) in [5.41, 5.74) is 0.628. The van der Waals surface area contributed by atoms with Gasteiger partial charge in [0.25, 0.3) is 0 Å². The lowest BCUT2D eigenvalue weighted by atomic mass is 10.1. The first-order valence-corrected chi connectivity index (χ1v) is 9.60. The highest BCUT2D eigenvalue weighted by Crippen LogP contribution is 2.47. The SMILES string of the molecule is COCCOc1ccc(Cl)cc1NCC1(CS(C)(=O)=O)CC1. The fourth-order valence-electron chi connectivity index (χ4n) is 2.39. The Morgan fingerprint density at radius 3 is 2.64 bits per heavy atom. The van der Waals surface area contributed by atoms with Crippen molar-refractivity contribution in [3.8, 4) is 5.75 Å². The van der Waals surface area contributed by atoms with Gasteiger partial charge in [-0.15, -0.1) is 0 Å². The first-order chi connectivity index (χ1) is 10.3. The second-order valence-corrected chi connectivity index (χ2v) is 8.48. The van der Waals surface area contributed by atoms with Crippen molar-refractivity contribution in [3.63, 3.8) is 0 Å². The third-order valence-electron chi connectivity index (χ3n) is 3.67. The quantitative estimate of drug-likeness (QED) is 0.696. The number of sulfone groups is 1. The molecule has 22 heavy (non-hydrogen) atoms. The molecule has 5 nitrogen and oxygen atoms in total. The van der Waals surface area contributed by atoms with E-state index in [-0.39, 0.29) is 11.2 Å². The average molecular weight is 348 g/mol. The van der Waals surface area contributed by atoms with Gasteiger partial charge in [-0.05, 0) is 31.0 Å². The molecule has 0 spiro atoms. The van der Waals surface area contributed by atoms with Crippen LogP contribution in [-0.2, 0) is 14.6 Å². The number of rotatable bonds is 9. The fourth-order valence-corrected chi connectivity index (χ4v) is 4.06. The van der Waals surface area contributed by atoms with Gasteiger partial charge in [0, 0.05) is 30.3 Å². The second kappa shape index (κ2) is 7.06. The van der Waals surface area contributed by atoms with Crippen LogP contribution in [0.5, 0.6) is 5.75 Å². The maximum atomic E-state index is 11.5. The third kappa shape index (κ3) is 5.34. The van der Waals surface area contributed by atoms with Crippen molar-refractivity contribution in [2.24, 2.45) is 5.41 Å². The summed E-state index contributed by atoms with van der Waals surface area (Å²) in [7, 11) is -1.36. The molecule has 0 amide bonds. The highest BCUT2D eigenvalue weighted by Gasteiger charge is 2.45. The summed E-state index contributed by atoms with van der Waals surface area (Å²) in [6.45, 7) is 1.54. The summed E-state index contributed by atoms with van der Waals surface area (Å²) in [4.78, 5) is 0. The highest BCUT2D eigenvalue weighted by molar-refractivity contribution is 7.90. The first-order valence-electron chi connectivity index (χ1n) is 7.16. The standard InChI is InChI=1S/C15H22ClNO4S/c1-20-7-8-21-14-4-3-12(16)9-13(14)17-10-15(5-6-15)11-22(2,18)19/h3-4,9,17H,5-8,10-11H2,1-2H3. The van der Waals surface area contributed by atoms with Gasteiger partial charge < -0.3 is 14.8 Å². The van der Waals surface area contributed by atoms with E-state index in [0.29, 0.717) is 30.5 Å². The zero-order valence-corrected chi connectivity index (χ0v) is 14.5. The van der Waals surface area contributed by atoms with E-state index in [4.69, 9.17) is 21.1 Å². The van der Waals surface area contributed by atoms with E-state index in [2.05, 4.69) is 5.32 Å². The van der Waals surface area contributed by atoms with Crippen molar-refractivity contribution in [2.45, 2.75) is 12.8 Å². The summed E-state index contributed by atoms with van der Waals surface area (Å²) >= 11 is 6.03. The molecule has 1 aromatic rings. The van der Waals surface area contributed by atoms with Crippen molar-refractivity contribution in [1.29, 1.82) is 0 Å². The molecule has 7 heteroatoms. The third-order valence-corrected chi connectivity index (χ3v) is 5.04. The molecule has 124 valence electrons. The van der Waals surface area contributed by atoms with Crippen molar-refractivity contribution >= 4 is 27.1 Å². The van der Waals surface area contributed by atoms with Crippen molar-refractivity contribution in [3.05, 3.63) is 23.2 Å². The summed E-state index contributed by atoms with van der Waals surface area (Å²) in [6.07, 6.45) is 3.13. The number of hydrogen-bond donors (Lipinski definition) is 1. The minimum Gasteiger partial charge on any atom is -0.489 e. The van der Waals surface area contributed by atoms with Gasteiger partial charge in [-0.1, -0.05) is 11.6 Å². The number of halogens is 1. The van der Waals surface area contributed by atoms with E-state index < -0.39 is 9.84 Å². The van der Waals surface area contributed by atoms with Crippen molar-refractivity contribution in [1.82, 2.24) is 0 Å². The Kier molecular flexibility index (Phi) is 5.58. The van der Waals surface area contributed by atoms with Crippen LogP contribution in [0.3, 0.4) is 0 Å². The smallest absolute Gasteiger partial charge is 0.148 e. The normalized spacial score (nSPS) is 16.3. The van der Waals surface area contributed by atoms with Crippen LogP contribution in [0.15, 0.2) is 18.2 Å². The van der Waals surface area contributed by atoms with Crippen LogP contribution in [0.4, 0.5) is 5.69 Å². The minimum atomic E-state index is -2.97. The molecular formula is C15H22ClNO4S. The molecule has 0 atom stereocenters. The Morgan fingerprint density at radius 1 is 1.32 bits per heavy atom. The predicted octanol–water partition coefficient (Wildman–Crippen LogP) is 2.60. The lowest BCUT2D eigenvalue weighted by Gasteiger charge is -2.18. The Morgan fingerprint density at radius 2 is 2.05 bits per heavy atom. The summed E-state index contributed by atoms with van der Waals surface area (Å²) in [5, 5.41) is 3.90. The van der Waals surface area contributed by atoms with Crippen LogP contribution >= 0.6 is 11.6 Å². The van der Waals surface area contributed by atoms with Crippen LogP contribution in [-0.4, -0.2) is 47.3 Å². The molecule has 0 heterocycles. The van der Waals surface area contributed by atoms with E-state index in [1.165, 1.54) is 6.26 Å². The fraction of sp³-hybridized carbons (Fsp3) is 0.600. The van der Waals surface area contributed by atoms with E-state index in [0.717, 1.165) is 18.5 Å². The Hall–Kier alpha value is -0.980. The van der Waals surface area contributed by atoms with Crippen LogP contribution in [0, 0.1) is 5.41 Å². The molecule has 2 rings (SSSR count). The summed E-state index contributed by atoms with van der Waals surface area (Å²) < 4.78 is 33.6. The molecule has 1 fully saturated rings. The van der Waals surface area contributed by atoms with Crippen LogP contribution in [0.1, 0.15) is 12.8 Å². The van der Waals surface area contributed by atoms with Crippen molar-refractivity contribution < 1.29 is 17.9 Å². The van der Waals surface area contributed by atoms with E-state index in [1.807, 2.05) is 0 Å². The molecular weight excluding hydrogens is 326 g/mol. The van der Waals surface area contributed by atoms with E-state index in [1.54, 1.807) is 25.3 Å². The van der Waals surface area contributed by atoms with Gasteiger partial charge in [0.2, 0.25) is 0 Å². The minimum absolute atomic E-state index is 0.153. The molecule has 0 unspecified atom stereocenters. The average Bonchev–Trinajstić information content (AvgIpc) is 3.16. The van der Waals surface area contributed by atoms with Gasteiger partial charge in [0.05, 0.1) is 18.0 Å². The first kappa shape index (κ1) is 17.4. The number of benzene rings is 1. The maximum absolute atomic E-state index is 11.5. The monoisotopic (exact) mass is 347 g/mol. The topological polar surface area (TPSA) is 64.6 Å². The highest BCUT2D eigenvalue weighted by atomic mass is 35.5. The van der Waals surface area contributed by atoms with Gasteiger partial charge >= 0.3 is 0 Å². The number of ether oxygens (including phenoxy) is 2. The summed E-state index contributed by atoms with van der Waals surface area (Å²) in [5.74, 6) is 0.907.